The SMILES string of the molecule is CCCOc1ccccc1CCCNC(=O)c1ccc(C)c(S(=O)(=O)N2CCCC2)c1. The van der Waals surface area contributed by atoms with Crippen molar-refractivity contribution in [1.82, 2.24) is 9.62 Å². The fraction of sp³-hybridized carbons (Fsp3) is 0.458. The predicted molar refractivity (Wildman–Crippen MR) is 122 cm³/mol. The van der Waals surface area contributed by atoms with Gasteiger partial charge in [-0.15, -0.1) is 0 Å². The molecular formula is C24H32N2O4S. The smallest absolute Gasteiger partial charge is 0.251 e. The Hall–Kier alpha value is -2.38. The first-order valence-electron chi connectivity index (χ1n) is 11.0. The standard InChI is InChI=1S/C24H32N2O4S/c1-3-17-30-22-11-5-4-9-20(22)10-8-14-25-24(27)21-13-12-19(2)23(18-21)31(28,29)26-15-6-7-16-26/h4-5,9,11-13,18H,3,6-8,10,14-17H2,1-2H3,(H,25,27). The number of sulfonamides is 1. The van der Waals surface area contributed by atoms with Crippen molar-refractivity contribution in [1.29, 1.82) is 0 Å². The van der Waals surface area contributed by atoms with Gasteiger partial charge in [-0.2, -0.15) is 4.31 Å². The molecule has 0 spiro atoms. The highest BCUT2D eigenvalue weighted by Crippen LogP contribution is 2.25. The van der Waals surface area contributed by atoms with E-state index in [9.17, 15) is 13.2 Å². The van der Waals surface area contributed by atoms with Gasteiger partial charge in [0.25, 0.3) is 5.91 Å². The van der Waals surface area contributed by atoms with E-state index in [1.165, 1.54) is 10.4 Å². The minimum Gasteiger partial charge on any atom is -0.493 e. The molecular weight excluding hydrogens is 412 g/mol. The lowest BCUT2D eigenvalue weighted by molar-refractivity contribution is 0.0953. The normalized spacial score (nSPS) is 14.5. The van der Waals surface area contributed by atoms with Gasteiger partial charge in [0.15, 0.2) is 0 Å². The second kappa shape index (κ2) is 10.8. The Kier molecular flexibility index (Phi) is 8.09. The first-order chi connectivity index (χ1) is 14.9. The minimum atomic E-state index is -3.56. The highest BCUT2D eigenvalue weighted by Gasteiger charge is 2.29. The lowest BCUT2D eigenvalue weighted by Crippen LogP contribution is -2.29. The number of benzene rings is 2. The fourth-order valence-corrected chi connectivity index (χ4v) is 5.50. The molecule has 2 aromatic rings. The molecule has 0 aromatic heterocycles. The van der Waals surface area contributed by atoms with Crippen LogP contribution in [0.1, 0.15) is 54.1 Å². The number of carbonyl (C=O) groups is 1. The molecule has 1 amide bonds. The summed E-state index contributed by atoms with van der Waals surface area (Å²) in [6, 6.07) is 12.9. The Balaban J connectivity index is 1.59. The second-order valence-corrected chi connectivity index (χ2v) is 9.81. The van der Waals surface area contributed by atoms with Gasteiger partial charge < -0.3 is 10.1 Å². The Morgan fingerprint density at radius 2 is 1.87 bits per heavy atom. The van der Waals surface area contributed by atoms with E-state index in [1.807, 2.05) is 24.3 Å². The van der Waals surface area contributed by atoms with Gasteiger partial charge >= 0.3 is 0 Å². The van der Waals surface area contributed by atoms with Crippen molar-refractivity contribution >= 4 is 15.9 Å². The number of nitrogens with one attached hydrogen (secondary N) is 1. The van der Waals surface area contributed by atoms with E-state index in [1.54, 1.807) is 19.1 Å². The van der Waals surface area contributed by atoms with E-state index >= 15 is 0 Å². The third kappa shape index (κ3) is 5.86. The van der Waals surface area contributed by atoms with Crippen LogP contribution in [0.25, 0.3) is 0 Å². The zero-order valence-corrected chi connectivity index (χ0v) is 19.2. The zero-order valence-electron chi connectivity index (χ0n) is 18.4. The fourth-order valence-electron chi connectivity index (χ4n) is 3.73. The number of ether oxygens (including phenoxy) is 1. The van der Waals surface area contributed by atoms with Gasteiger partial charge in [-0.05, 0) is 68.4 Å². The highest BCUT2D eigenvalue weighted by molar-refractivity contribution is 7.89. The maximum absolute atomic E-state index is 12.9. The Morgan fingerprint density at radius 1 is 1.13 bits per heavy atom. The number of rotatable bonds is 10. The maximum atomic E-state index is 12.9. The Morgan fingerprint density at radius 3 is 2.61 bits per heavy atom. The van der Waals surface area contributed by atoms with Gasteiger partial charge in [0, 0.05) is 25.2 Å². The van der Waals surface area contributed by atoms with Crippen LogP contribution < -0.4 is 10.1 Å². The van der Waals surface area contributed by atoms with Crippen molar-refractivity contribution in [3.8, 4) is 5.75 Å². The molecule has 0 unspecified atom stereocenters. The van der Waals surface area contributed by atoms with Gasteiger partial charge in [-0.3, -0.25) is 4.79 Å². The van der Waals surface area contributed by atoms with Crippen LogP contribution in [-0.4, -0.2) is 44.9 Å². The Bertz CT molecular complexity index is 998. The molecule has 1 N–H and O–H groups in total. The summed E-state index contributed by atoms with van der Waals surface area (Å²) in [4.78, 5) is 12.9. The van der Waals surface area contributed by atoms with Crippen LogP contribution in [-0.2, 0) is 16.4 Å². The first-order valence-corrected chi connectivity index (χ1v) is 12.5. The molecule has 7 heteroatoms. The summed E-state index contributed by atoms with van der Waals surface area (Å²) in [6.45, 7) is 6.11. The molecule has 1 aliphatic heterocycles. The van der Waals surface area contributed by atoms with Gasteiger partial charge in [0.2, 0.25) is 10.0 Å². The molecule has 1 fully saturated rings. The molecule has 2 aromatic carbocycles. The molecule has 0 atom stereocenters. The lowest BCUT2D eigenvalue weighted by Gasteiger charge is -2.18. The summed E-state index contributed by atoms with van der Waals surface area (Å²) < 4.78 is 33.2. The number of aryl methyl sites for hydroxylation is 2. The van der Waals surface area contributed by atoms with Crippen molar-refractivity contribution in [3.63, 3.8) is 0 Å². The van der Waals surface area contributed by atoms with Crippen LogP contribution in [0.3, 0.4) is 0 Å². The number of hydrogen-bond donors (Lipinski definition) is 1. The highest BCUT2D eigenvalue weighted by atomic mass is 32.2. The predicted octanol–water partition coefficient (Wildman–Crippen LogP) is 3.93. The summed E-state index contributed by atoms with van der Waals surface area (Å²) in [6.07, 6.45) is 4.28. The van der Waals surface area contributed by atoms with E-state index < -0.39 is 10.0 Å². The molecule has 1 aliphatic rings. The molecule has 31 heavy (non-hydrogen) atoms. The summed E-state index contributed by atoms with van der Waals surface area (Å²) in [7, 11) is -3.56. The van der Waals surface area contributed by atoms with E-state index in [-0.39, 0.29) is 10.8 Å². The molecule has 0 saturated carbocycles. The van der Waals surface area contributed by atoms with E-state index in [2.05, 4.69) is 12.2 Å². The third-order valence-corrected chi connectivity index (χ3v) is 7.52. The van der Waals surface area contributed by atoms with Crippen LogP contribution in [0.15, 0.2) is 47.4 Å². The number of carbonyl (C=O) groups excluding carboxylic acids is 1. The van der Waals surface area contributed by atoms with Gasteiger partial charge in [-0.1, -0.05) is 31.2 Å². The van der Waals surface area contributed by atoms with Crippen LogP contribution >= 0.6 is 0 Å². The average molecular weight is 445 g/mol. The number of para-hydroxylation sites is 1. The number of amides is 1. The molecule has 6 nitrogen and oxygen atoms in total. The molecule has 0 radical (unpaired) electrons. The average Bonchev–Trinajstić information content (AvgIpc) is 3.32. The van der Waals surface area contributed by atoms with Crippen LogP contribution in [0.5, 0.6) is 5.75 Å². The molecule has 1 saturated heterocycles. The van der Waals surface area contributed by atoms with Crippen LogP contribution in [0.2, 0.25) is 0 Å². The molecule has 168 valence electrons. The van der Waals surface area contributed by atoms with Gasteiger partial charge in [-0.25, -0.2) is 8.42 Å². The number of nitrogens with zero attached hydrogens (tertiary/aromatic N) is 1. The van der Waals surface area contributed by atoms with Crippen molar-refractivity contribution in [2.75, 3.05) is 26.2 Å². The molecule has 0 bridgehead atoms. The largest absolute Gasteiger partial charge is 0.493 e. The van der Waals surface area contributed by atoms with Gasteiger partial charge in [0.05, 0.1) is 11.5 Å². The van der Waals surface area contributed by atoms with Crippen LogP contribution in [0, 0.1) is 6.92 Å². The van der Waals surface area contributed by atoms with Crippen molar-refractivity contribution < 1.29 is 17.9 Å². The summed E-state index contributed by atoms with van der Waals surface area (Å²) >= 11 is 0. The van der Waals surface area contributed by atoms with Crippen molar-refractivity contribution in [2.45, 2.75) is 50.8 Å². The van der Waals surface area contributed by atoms with E-state index in [0.29, 0.717) is 37.4 Å². The second-order valence-electron chi connectivity index (χ2n) is 7.91. The quantitative estimate of drug-likeness (QED) is 0.564. The van der Waals surface area contributed by atoms with Crippen molar-refractivity contribution in [3.05, 3.63) is 59.2 Å². The van der Waals surface area contributed by atoms with E-state index in [0.717, 1.165) is 43.4 Å². The zero-order chi connectivity index (χ0) is 22.3. The number of hydrogen-bond acceptors (Lipinski definition) is 4. The molecule has 3 rings (SSSR count). The van der Waals surface area contributed by atoms with Crippen molar-refractivity contribution in [2.24, 2.45) is 0 Å². The summed E-state index contributed by atoms with van der Waals surface area (Å²) in [5.74, 6) is 0.638. The van der Waals surface area contributed by atoms with Crippen LogP contribution in [0.4, 0.5) is 0 Å². The molecule has 1 heterocycles. The molecule has 0 aliphatic carbocycles. The summed E-state index contributed by atoms with van der Waals surface area (Å²) in [5.41, 5.74) is 2.15. The lowest BCUT2D eigenvalue weighted by atomic mass is 10.1. The maximum Gasteiger partial charge on any atom is 0.251 e. The first kappa shape index (κ1) is 23.3. The topological polar surface area (TPSA) is 75.7 Å². The third-order valence-electron chi connectivity index (χ3n) is 5.48. The summed E-state index contributed by atoms with van der Waals surface area (Å²) in [5, 5.41) is 2.91. The Labute approximate surface area is 185 Å². The van der Waals surface area contributed by atoms with Gasteiger partial charge in [0.1, 0.15) is 5.75 Å². The minimum absolute atomic E-state index is 0.226. The van der Waals surface area contributed by atoms with E-state index in [4.69, 9.17) is 4.74 Å². The monoisotopic (exact) mass is 444 g/mol.